The number of nitrogens with zero attached hydrogens (tertiary/aromatic N) is 1. The summed E-state index contributed by atoms with van der Waals surface area (Å²) in [7, 11) is 0. The molecule has 0 fully saturated rings. The summed E-state index contributed by atoms with van der Waals surface area (Å²) in [5.74, 6) is 0. The number of aromatic nitrogens is 1. The highest BCUT2D eigenvalue weighted by Gasteiger charge is 2.12. The lowest BCUT2D eigenvalue weighted by atomic mass is 10.0. The van der Waals surface area contributed by atoms with Crippen LogP contribution >= 0.6 is 0 Å². The summed E-state index contributed by atoms with van der Waals surface area (Å²) in [6.07, 6.45) is 3.87. The summed E-state index contributed by atoms with van der Waals surface area (Å²) in [6, 6.07) is 18.7. The third-order valence-corrected chi connectivity index (χ3v) is 3.32. The minimum Gasteiger partial charge on any atom is -0.316 e. The van der Waals surface area contributed by atoms with E-state index in [1.54, 1.807) is 6.08 Å². The standard InChI is InChI=1S/C18H15N/c1-3-14(2)18-17(15-9-5-4-6-10-15)13-16-11-7-8-12-19(16)18/h3-13H,1-2H2. The minimum atomic E-state index is 0.935. The van der Waals surface area contributed by atoms with Gasteiger partial charge < -0.3 is 4.40 Å². The van der Waals surface area contributed by atoms with Crippen molar-refractivity contribution in [1.82, 2.24) is 4.40 Å². The fourth-order valence-corrected chi connectivity index (χ4v) is 2.39. The fourth-order valence-electron chi connectivity index (χ4n) is 2.39. The van der Waals surface area contributed by atoms with Gasteiger partial charge in [-0.2, -0.15) is 0 Å². The maximum Gasteiger partial charge on any atom is 0.0600 e. The Kier molecular flexibility index (Phi) is 2.81. The van der Waals surface area contributed by atoms with E-state index in [2.05, 4.69) is 60.2 Å². The van der Waals surface area contributed by atoms with Gasteiger partial charge in [0.15, 0.2) is 0 Å². The lowest BCUT2D eigenvalue weighted by molar-refractivity contribution is 1.17. The zero-order chi connectivity index (χ0) is 13.2. The third kappa shape index (κ3) is 1.89. The number of fused-ring (bicyclic) bond motifs is 1. The van der Waals surface area contributed by atoms with Gasteiger partial charge in [0.1, 0.15) is 0 Å². The van der Waals surface area contributed by atoms with E-state index in [4.69, 9.17) is 0 Å². The predicted octanol–water partition coefficient (Wildman–Crippen LogP) is 4.81. The number of rotatable bonds is 3. The van der Waals surface area contributed by atoms with Gasteiger partial charge in [0, 0.05) is 17.3 Å². The molecular weight excluding hydrogens is 230 g/mol. The molecule has 0 aliphatic carbocycles. The van der Waals surface area contributed by atoms with Crippen LogP contribution in [0.25, 0.3) is 22.2 Å². The molecule has 19 heavy (non-hydrogen) atoms. The molecular formula is C18H15N. The second kappa shape index (κ2) is 4.62. The highest BCUT2D eigenvalue weighted by atomic mass is 14.9. The Bertz CT molecular complexity index is 748. The van der Waals surface area contributed by atoms with Crippen LogP contribution in [0.1, 0.15) is 5.69 Å². The Morgan fingerprint density at radius 1 is 1.00 bits per heavy atom. The van der Waals surface area contributed by atoms with Gasteiger partial charge in [-0.25, -0.2) is 0 Å². The van der Waals surface area contributed by atoms with Crippen LogP contribution in [-0.2, 0) is 0 Å². The molecule has 1 heteroatoms. The molecule has 0 N–H and O–H groups in total. The van der Waals surface area contributed by atoms with Crippen molar-refractivity contribution < 1.29 is 0 Å². The summed E-state index contributed by atoms with van der Waals surface area (Å²) >= 11 is 0. The van der Waals surface area contributed by atoms with Gasteiger partial charge in [0.05, 0.1) is 5.69 Å². The molecule has 0 atom stereocenters. The van der Waals surface area contributed by atoms with E-state index < -0.39 is 0 Å². The predicted molar refractivity (Wildman–Crippen MR) is 82.1 cm³/mol. The van der Waals surface area contributed by atoms with Gasteiger partial charge in [-0.1, -0.05) is 55.6 Å². The Morgan fingerprint density at radius 3 is 2.47 bits per heavy atom. The van der Waals surface area contributed by atoms with Gasteiger partial charge in [-0.15, -0.1) is 0 Å². The van der Waals surface area contributed by atoms with Gasteiger partial charge in [0.25, 0.3) is 0 Å². The molecule has 0 saturated heterocycles. The van der Waals surface area contributed by atoms with Crippen LogP contribution in [0.3, 0.4) is 0 Å². The van der Waals surface area contributed by atoms with Crippen molar-refractivity contribution in [3.8, 4) is 11.1 Å². The van der Waals surface area contributed by atoms with Crippen LogP contribution in [0.2, 0.25) is 0 Å². The first kappa shape index (κ1) is 11.5. The van der Waals surface area contributed by atoms with Gasteiger partial charge in [-0.05, 0) is 29.3 Å². The summed E-state index contributed by atoms with van der Waals surface area (Å²) < 4.78 is 2.16. The zero-order valence-electron chi connectivity index (χ0n) is 10.7. The third-order valence-electron chi connectivity index (χ3n) is 3.32. The Balaban J connectivity index is 2.35. The number of benzene rings is 1. The zero-order valence-corrected chi connectivity index (χ0v) is 10.7. The highest BCUT2D eigenvalue weighted by molar-refractivity contribution is 5.86. The van der Waals surface area contributed by atoms with E-state index in [1.165, 1.54) is 16.6 Å². The van der Waals surface area contributed by atoms with Crippen LogP contribution in [-0.4, -0.2) is 4.40 Å². The largest absolute Gasteiger partial charge is 0.316 e. The molecule has 2 aromatic heterocycles. The molecule has 92 valence electrons. The first-order chi connectivity index (χ1) is 9.31. The van der Waals surface area contributed by atoms with Crippen molar-refractivity contribution in [1.29, 1.82) is 0 Å². The van der Waals surface area contributed by atoms with Crippen LogP contribution < -0.4 is 0 Å². The first-order valence-electron chi connectivity index (χ1n) is 6.28. The normalized spacial score (nSPS) is 10.5. The molecule has 0 aliphatic heterocycles. The molecule has 1 nitrogen and oxygen atoms in total. The van der Waals surface area contributed by atoms with Crippen molar-refractivity contribution >= 4 is 11.1 Å². The molecule has 0 saturated carbocycles. The highest BCUT2D eigenvalue weighted by Crippen LogP contribution is 2.31. The van der Waals surface area contributed by atoms with E-state index in [0.717, 1.165) is 11.3 Å². The van der Waals surface area contributed by atoms with Crippen LogP contribution in [0.5, 0.6) is 0 Å². The molecule has 2 heterocycles. The lowest BCUT2D eigenvalue weighted by Gasteiger charge is -2.06. The van der Waals surface area contributed by atoms with Crippen LogP contribution in [0.15, 0.2) is 80.0 Å². The Hall–Kier alpha value is -2.54. The van der Waals surface area contributed by atoms with Crippen LogP contribution in [0, 0.1) is 0 Å². The summed E-state index contributed by atoms with van der Waals surface area (Å²) in [4.78, 5) is 0. The van der Waals surface area contributed by atoms with E-state index >= 15 is 0 Å². The summed E-state index contributed by atoms with van der Waals surface area (Å²) in [5, 5.41) is 0. The van der Waals surface area contributed by atoms with Crippen molar-refractivity contribution in [2.24, 2.45) is 0 Å². The Labute approximate surface area is 113 Å². The van der Waals surface area contributed by atoms with Gasteiger partial charge in [0.2, 0.25) is 0 Å². The maximum absolute atomic E-state index is 4.11. The maximum atomic E-state index is 4.11. The number of hydrogen-bond donors (Lipinski definition) is 0. The van der Waals surface area contributed by atoms with Crippen LogP contribution in [0.4, 0.5) is 0 Å². The summed E-state index contributed by atoms with van der Waals surface area (Å²) in [5.41, 5.74) is 5.60. The second-order valence-electron chi connectivity index (χ2n) is 4.50. The summed E-state index contributed by atoms with van der Waals surface area (Å²) in [6.45, 7) is 7.96. The van der Waals surface area contributed by atoms with E-state index in [9.17, 15) is 0 Å². The van der Waals surface area contributed by atoms with Gasteiger partial charge >= 0.3 is 0 Å². The van der Waals surface area contributed by atoms with Crippen molar-refractivity contribution in [2.75, 3.05) is 0 Å². The van der Waals surface area contributed by atoms with E-state index in [1.807, 2.05) is 18.2 Å². The van der Waals surface area contributed by atoms with E-state index in [0.29, 0.717) is 0 Å². The SMILES string of the molecule is C=CC(=C)c1c(-c2ccccc2)cc2ccccn12. The van der Waals surface area contributed by atoms with Crippen molar-refractivity contribution in [2.45, 2.75) is 0 Å². The monoisotopic (exact) mass is 245 g/mol. The lowest BCUT2D eigenvalue weighted by Crippen LogP contribution is -1.91. The van der Waals surface area contributed by atoms with E-state index in [-0.39, 0.29) is 0 Å². The molecule has 0 amide bonds. The molecule has 0 bridgehead atoms. The van der Waals surface area contributed by atoms with Crippen molar-refractivity contribution in [3.05, 3.63) is 85.7 Å². The molecule has 0 unspecified atom stereocenters. The first-order valence-corrected chi connectivity index (χ1v) is 6.28. The second-order valence-corrected chi connectivity index (χ2v) is 4.50. The molecule has 0 radical (unpaired) electrons. The number of allylic oxidation sites excluding steroid dienone is 2. The molecule has 0 spiro atoms. The number of hydrogen-bond acceptors (Lipinski definition) is 0. The molecule has 3 rings (SSSR count). The molecule has 1 aromatic carbocycles. The number of pyridine rings is 1. The van der Waals surface area contributed by atoms with Crippen molar-refractivity contribution in [3.63, 3.8) is 0 Å². The molecule has 3 aromatic rings. The minimum absolute atomic E-state index is 0.935. The average molecular weight is 245 g/mol. The Morgan fingerprint density at radius 2 is 1.74 bits per heavy atom. The average Bonchev–Trinajstić information content (AvgIpc) is 2.87. The quantitative estimate of drug-likeness (QED) is 0.583. The smallest absolute Gasteiger partial charge is 0.0600 e. The topological polar surface area (TPSA) is 4.41 Å². The molecule has 0 aliphatic rings. The fraction of sp³-hybridized carbons (Fsp3) is 0. The van der Waals surface area contributed by atoms with Gasteiger partial charge in [-0.3, -0.25) is 0 Å².